The van der Waals surface area contributed by atoms with Crippen molar-refractivity contribution >= 4 is 11.6 Å². The summed E-state index contributed by atoms with van der Waals surface area (Å²) in [5, 5.41) is 16.8. The van der Waals surface area contributed by atoms with Crippen LogP contribution in [0.15, 0.2) is 6.20 Å². The molecule has 5 heteroatoms. The summed E-state index contributed by atoms with van der Waals surface area (Å²) >= 11 is 0. The van der Waals surface area contributed by atoms with E-state index in [1.807, 2.05) is 25.5 Å². The number of carbonyl (C=O) groups excluding carboxylic acids is 1. The molecule has 0 fully saturated rings. The minimum Gasteiger partial charge on any atom is -0.392 e. The number of aliphatic hydroxyl groups excluding tert-OH is 1. The third-order valence-corrected chi connectivity index (χ3v) is 3.26. The number of unbranched alkanes of at least 4 members (excludes halogenated alkanes) is 1. The minimum absolute atomic E-state index is 0.0825. The zero-order valence-electron chi connectivity index (χ0n) is 12.3. The number of nitrogens with one attached hydrogen (secondary N) is 1. The van der Waals surface area contributed by atoms with Gasteiger partial charge in [0.15, 0.2) is 0 Å². The Bertz CT molecular complexity index is 413. The van der Waals surface area contributed by atoms with Crippen LogP contribution in [0.2, 0.25) is 0 Å². The lowest BCUT2D eigenvalue weighted by Crippen LogP contribution is -2.23. The molecule has 1 atom stereocenters. The van der Waals surface area contributed by atoms with Gasteiger partial charge in [-0.2, -0.15) is 5.10 Å². The van der Waals surface area contributed by atoms with Crippen LogP contribution in [0.5, 0.6) is 0 Å². The third kappa shape index (κ3) is 4.67. The van der Waals surface area contributed by atoms with Crippen LogP contribution in [-0.2, 0) is 11.3 Å². The summed E-state index contributed by atoms with van der Waals surface area (Å²) in [5.74, 6) is -0.0848. The molecule has 0 aromatic carbocycles. The van der Waals surface area contributed by atoms with Crippen molar-refractivity contribution in [3.8, 4) is 0 Å². The molecule has 0 spiro atoms. The summed E-state index contributed by atoms with van der Waals surface area (Å²) in [6.45, 7) is 8.73. The van der Waals surface area contributed by atoms with Crippen molar-refractivity contribution in [2.75, 3.05) is 5.32 Å². The lowest BCUT2D eigenvalue weighted by atomic mass is 10.0. The molecule has 0 radical (unpaired) electrons. The average molecular weight is 267 g/mol. The van der Waals surface area contributed by atoms with Gasteiger partial charge in [-0.25, -0.2) is 0 Å². The van der Waals surface area contributed by atoms with Crippen LogP contribution in [-0.4, -0.2) is 26.9 Å². The molecular weight excluding hydrogens is 242 g/mol. The Balaban J connectivity index is 2.57. The lowest BCUT2D eigenvalue weighted by molar-refractivity contribution is -0.118. The van der Waals surface area contributed by atoms with Crippen LogP contribution in [0.1, 0.15) is 45.7 Å². The fourth-order valence-electron chi connectivity index (χ4n) is 1.73. The Labute approximate surface area is 115 Å². The number of aromatic nitrogens is 2. The molecule has 0 aliphatic rings. The molecule has 1 heterocycles. The highest BCUT2D eigenvalue weighted by Crippen LogP contribution is 2.15. The number of carbonyl (C=O) groups is 1. The van der Waals surface area contributed by atoms with Crippen molar-refractivity contribution in [3.05, 3.63) is 11.9 Å². The van der Waals surface area contributed by atoms with E-state index >= 15 is 0 Å². The van der Waals surface area contributed by atoms with Crippen LogP contribution in [0.25, 0.3) is 0 Å². The molecule has 1 amide bonds. The molecule has 19 heavy (non-hydrogen) atoms. The van der Waals surface area contributed by atoms with Gasteiger partial charge in [0.1, 0.15) is 0 Å². The second kappa shape index (κ2) is 7.28. The Kier molecular flexibility index (Phi) is 6.02. The van der Waals surface area contributed by atoms with E-state index in [1.54, 1.807) is 6.20 Å². The molecule has 2 N–H and O–H groups in total. The maximum atomic E-state index is 11.8. The van der Waals surface area contributed by atoms with E-state index < -0.39 is 6.10 Å². The first-order chi connectivity index (χ1) is 8.95. The van der Waals surface area contributed by atoms with Crippen LogP contribution in [0, 0.1) is 12.8 Å². The Hall–Kier alpha value is -1.36. The number of rotatable bonds is 7. The molecular formula is C14H25N3O2. The highest BCUT2D eigenvalue weighted by atomic mass is 16.3. The van der Waals surface area contributed by atoms with E-state index in [-0.39, 0.29) is 18.2 Å². The zero-order valence-corrected chi connectivity index (χ0v) is 12.3. The Morgan fingerprint density at radius 2 is 2.21 bits per heavy atom. The smallest absolute Gasteiger partial charge is 0.227 e. The standard InChI is InChI=1S/C14H25N3O2/c1-5-6-7-17-11(4)12(9-15-17)16-14(19)8-13(18)10(2)3/h9-10,13,18H,5-8H2,1-4H3,(H,16,19). The van der Waals surface area contributed by atoms with Crippen molar-refractivity contribution in [3.63, 3.8) is 0 Å². The van der Waals surface area contributed by atoms with E-state index in [2.05, 4.69) is 17.3 Å². The lowest BCUT2D eigenvalue weighted by Gasteiger charge is -2.13. The predicted octanol–water partition coefficient (Wildman–Crippen LogP) is 2.34. The number of aliphatic hydroxyl groups is 1. The van der Waals surface area contributed by atoms with E-state index in [9.17, 15) is 9.90 Å². The van der Waals surface area contributed by atoms with E-state index in [0.29, 0.717) is 0 Å². The fraction of sp³-hybridized carbons (Fsp3) is 0.714. The van der Waals surface area contributed by atoms with Gasteiger partial charge in [0.05, 0.1) is 30.1 Å². The van der Waals surface area contributed by atoms with E-state index in [1.165, 1.54) is 0 Å². The number of anilines is 1. The minimum atomic E-state index is -0.601. The molecule has 0 saturated heterocycles. The normalized spacial score (nSPS) is 12.7. The highest BCUT2D eigenvalue weighted by molar-refractivity contribution is 5.91. The van der Waals surface area contributed by atoms with Crippen LogP contribution >= 0.6 is 0 Å². The quantitative estimate of drug-likeness (QED) is 0.796. The van der Waals surface area contributed by atoms with Gasteiger partial charge >= 0.3 is 0 Å². The SMILES string of the molecule is CCCCn1ncc(NC(=O)CC(O)C(C)C)c1C. The summed E-state index contributed by atoms with van der Waals surface area (Å²) in [6.07, 6.45) is 3.38. The predicted molar refractivity (Wildman–Crippen MR) is 76.0 cm³/mol. The Morgan fingerprint density at radius 1 is 1.53 bits per heavy atom. The molecule has 1 aromatic heterocycles. The molecule has 108 valence electrons. The summed E-state index contributed by atoms with van der Waals surface area (Å²) in [4.78, 5) is 11.8. The summed E-state index contributed by atoms with van der Waals surface area (Å²) in [7, 11) is 0. The third-order valence-electron chi connectivity index (χ3n) is 3.26. The molecule has 5 nitrogen and oxygen atoms in total. The largest absolute Gasteiger partial charge is 0.392 e. The molecule has 1 unspecified atom stereocenters. The molecule has 0 saturated carbocycles. The first kappa shape index (κ1) is 15.7. The van der Waals surface area contributed by atoms with Crippen LogP contribution in [0.4, 0.5) is 5.69 Å². The first-order valence-electron chi connectivity index (χ1n) is 6.96. The highest BCUT2D eigenvalue weighted by Gasteiger charge is 2.16. The topological polar surface area (TPSA) is 67.2 Å². The van der Waals surface area contributed by atoms with Crippen LogP contribution < -0.4 is 5.32 Å². The van der Waals surface area contributed by atoms with E-state index in [4.69, 9.17) is 0 Å². The molecule has 0 aliphatic carbocycles. The van der Waals surface area contributed by atoms with E-state index in [0.717, 1.165) is 30.8 Å². The molecule has 1 rings (SSSR count). The average Bonchev–Trinajstić information content (AvgIpc) is 2.68. The van der Waals surface area contributed by atoms with Gasteiger partial charge in [0.2, 0.25) is 5.91 Å². The van der Waals surface area contributed by atoms with Crippen molar-refractivity contribution in [1.29, 1.82) is 0 Å². The number of aryl methyl sites for hydroxylation is 1. The number of nitrogens with zero attached hydrogens (tertiary/aromatic N) is 2. The molecule has 1 aromatic rings. The van der Waals surface area contributed by atoms with Crippen molar-refractivity contribution in [1.82, 2.24) is 9.78 Å². The van der Waals surface area contributed by atoms with Gasteiger partial charge in [-0.05, 0) is 19.3 Å². The summed E-state index contributed by atoms with van der Waals surface area (Å²) in [5.41, 5.74) is 1.69. The second-order valence-corrected chi connectivity index (χ2v) is 5.28. The monoisotopic (exact) mass is 267 g/mol. The van der Waals surface area contributed by atoms with Gasteiger partial charge in [0, 0.05) is 6.54 Å². The van der Waals surface area contributed by atoms with Gasteiger partial charge in [0.25, 0.3) is 0 Å². The molecule has 0 aliphatic heterocycles. The maximum Gasteiger partial charge on any atom is 0.227 e. The maximum absolute atomic E-state index is 11.8. The molecule has 0 bridgehead atoms. The summed E-state index contributed by atoms with van der Waals surface area (Å²) < 4.78 is 1.90. The Morgan fingerprint density at radius 3 is 2.79 bits per heavy atom. The fourth-order valence-corrected chi connectivity index (χ4v) is 1.73. The van der Waals surface area contributed by atoms with Gasteiger partial charge < -0.3 is 10.4 Å². The van der Waals surface area contributed by atoms with Crippen molar-refractivity contribution in [2.45, 2.75) is 59.6 Å². The van der Waals surface area contributed by atoms with Crippen LogP contribution in [0.3, 0.4) is 0 Å². The van der Waals surface area contributed by atoms with Gasteiger partial charge in [-0.3, -0.25) is 9.48 Å². The van der Waals surface area contributed by atoms with Gasteiger partial charge in [-0.1, -0.05) is 27.2 Å². The number of amides is 1. The number of hydrogen-bond acceptors (Lipinski definition) is 3. The first-order valence-corrected chi connectivity index (χ1v) is 6.96. The van der Waals surface area contributed by atoms with Crippen molar-refractivity contribution < 1.29 is 9.90 Å². The van der Waals surface area contributed by atoms with Gasteiger partial charge in [-0.15, -0.1) is 0 Å². The van der Waals surface area contributed by atoms with Crippen molar-refractivity contribution in [2.24, 2.45) is 5.92 Å². The number of hydrogen-bond donors (Lipinski definition) is 2. The second-order valence-electron chi connectivity index (χ2n) is 5.28. The summed E-state index contributed by atoms with van der Waals surface area (Å²) in [6, 6.07) is 0. The zero-order chi connectivity index (χ0) is 14.4.